The zero-order chi connectivity index (χ0) is 24.2. The van der Waals surface area contributed by atoms with E-state index in [-0.39, 0.29) is 31.7 Å². The van der Waals surface area contributed by atoms with Crippen LogP contribution in [0.5, 0.6) is 11.5 Å². The monoisotopic (exact) mass is 467 g/mol. The SMILES string of the molecule is CC1(C)NC(=O)N(CCOc2ccc(CN3CCC[C@@](O)(COc4ccccc4)C3)cc2)C1=O. The van der Waals surface area contributed by atoms with Gasteiger partial charge in [-0.1, -0.05) is 30.3 Å². The molecule has 34 heavy (non-hydrogen) atoms. The van der Waals surface area contributed by atoms with E-state index >= 15 is 0 Å². The van der Waals surface area contributed by atoms with E-state index < -0.39 is 11.1 Å². The maximum absolute atomic E-state index is 12.2. The number of likely N-dealkylation sites (tertiary alicyclic amines) is 1. The fraction of sp³-hybridized carbons (Fsp3) is 0.462. The van der Waals surface area contributed by atoms with Gasteiger partial charge in [0.25, 0.3) is 5.91 Å². The number of amides is 3. The van der Waals surface area contributed by atoms with Gasteiger partial charge in [-0.15, -0.1) is 0 Å². The van der Waals surface area contributed by atoms with Gasteiger partial charge in [-0.05, 0) is 63.1 Å². The fourth-order valence-corrected chi connectivity index (χ4v) is 4.42. The van der Waals surface area contributed by atoms with Crippen LogP contribution in [0.25, 0.3) is 0 Å². The summed E-state index contributed by atoms with van der Waals surface area (Å²) in [5.74, 6) is 1.20. The Kier molecular flexibility index (Phi) is 7.09. The summed E-state index contributed by atoms with van der Waals surface area (Å²) >= 11 is 0. The van der Waals surface area contributed by atoms with Crippen LogP contribution in [-0.4, -0.2) is 70.8 Å². The molecule has 0 unspecified atom stereocenters. The molecule has 182 valence electrons. The molecule has 3 amide bonds. The van der Waals surface area contributed by atoms with E-state index in [4.69, 9.17) is 9.47 Å². The van der Waals surface area contributed by atoms with Crippen molar-refractivity contribution in [2.75, 3.05) is 32.8 Å². The lowest BCUT2D eigenvalue weighted by atomic mass is 9.93. The Morgan fingerprint density at radius 2 is 1.71 bits per heavy atom. The van der Waals surface area contributed by atoms with E-state index in [1.165, 1.54) is 4.90 Å². The topological polar surface area (TPSA) is 91.3 Å². The van der Waals surface area contributed by atoms with Gasteiger partial charge < -0.3 is 19.9 Å². The first-order chi connectivity index (χ1) is 16.2. The largest absolute Gasteiger partial charge is 0.492 e. The summed E-state index contributed by atoms with van der Waals surface area (Å²) in [4.78, 5) is 27.6. The van der Waals surface area contributed by atoms with Crippen LogP contribution in [0.2, 0.25) is 0 Å². The van der Waals surface area contributed by atoms with E-state index in [0.29, 0.717) is 12.3 Å². The second kappa shape index (κ2) is 10.0. The molecule has 8 nitrogen and oxygen atoms in total. The van der Waals surface area contributed by atoms with Gasteiger partial charge >= 0.3 is 6.03 Å². The molecule has 0 bridgehead atoms. The average molecular weight is 468 g/mol. The molecule has 2 fully saturated rings. The van der Waals surface area contributed by atoms with Crippen molar-refractivity contribution in [3.05, 3.63) is 60.2 Å². The van der Waals surface area contributed by atoms with Crippen LogP contribution in [0.1, 0.15) is 32.3 Å². The number of imide groups is 1. The fourth-order valence-electron chi connectivity index (χ4n) is 4.42. The molecular formula is C26H33N3O5. The number of para-hydroxylation sites is 1. The van der Waals surface area contributed by atoms with E-state index in [1.807, 2.05) is 54.6 Å². The van der Waals surface area contributed by atoms with E-state index in [9.17, 15) is 14.7 Å². The maximum atomic E-state index is 12.2. The minimum absolute atomic E-state index is 0.202. The van der Waals surface area contributed by atoms with Crippen LogP contribution in [-0.2, 0) is 11.3 Å². The van der Waals surface area contributed by atoms with Crippen LogP contribution in [0.15, 0.2) is 54.6 Å². The molecule has 2 aliphatic rings. The summed E-state index contributed by atoms with van der Waals surface area (Å²) in [6, 6.07) is 17.0. The number of carbonyl (C=O) groups is 2. The second-order valence-corrected chi connectivity index (χ2v) is 9.64. The summed E-state index contributed by atoms with van der Waals surface area (Å²) in [6.45, 7) is 6.29. The Morgan fingerprint density at radius 3 is 2.38 bits per heavy atom. The average Bonchev–Trinajstić information content (AvgIpc) is 3.01. The van der Waals surface area contributed by atoms with Gasteiger partial charge in [0.05, 0.1) is 6.54 Å². The van der Waals surface area contributed by atoms with Gasteiger partial charge in [0.1, 0.15) is 35.9 Å². The molecule has 8 heteroatoms. The van der Waals surface area contributed by atoms with Crippen LogP contribution in [0.3, 0.4) is 0 Å². The summed E-state index contributed by atoms with van der Waals surface area (Å²) in [6.07, 6.45) is 1.63. The highest BCUT2D eigenvalue weighted by molar-refractivity contribution is 6.06. The molecule has 0 spiro atoms. The first-order valence-electron chi connectivity index (χ1n) is 11.7. The van der Waals surface area contributed by atoms with E-state index in [2.05, 4.69) is 10.2 Å². The zero-order valence-corrected chi connectivity index (χ0v) is 19.8. The highest BCUT2D eigenvalue weighted by Gasteiger charge is 2.43. The Balaban J connectivity index is 1.24. The number of hydrogen-bond donors (Lipinski definition) is 2. The van der Waals surface area contributed by atoms with Crippen LogP contribution in [0, 0.1) is 0 Å². The lowest BCUT2D eigenvalue weighted by Crippen LogP contribution is -2.51. The number of β-amino-alcohol motifs (C(OH)–C–C–N with tert-alkyl or cyclic N) is 1. The Labute approximate surface area is 200 Å². The van der Waals surface area contributed by atoms with Gasteiger partial charge in [0.15, 0.2) is 0 Å². The van der Waals surface area contributed by atoms with Crippen molar-refractivity contribution in [1.29, 1.82) is 0 Å². The third kappa shape index (κ3) is 5.87. The number of ether oxygens (including phenoxy) is 2. The number of aliphatic hydroxyl groups is 1. The molecule has 2 aliphatic heterocycles. The third-order valence-corrected chi connectivity index (χ3v) is 6.24. The normalized spacial score (nSPS) is 22.5. The van der Waals surface area contributed by atoms with Gasteiger partial charge in [0, 0.05) is 13.1 Å². The number of piperidine rings is 1. The molecule has 0 radical (unpaired) electrons. The smallest absolute Gasteiger partial charge is 0.325 e. The first-order valence-corrected chi connectivity index (χ1v) is 11.7. The van der Waals surface area contributed by atoms with Gasteiger partial charge in [-0.3, -0.25) is 14.6 Å². The van der Waals surface area contributed by atoms with Crippen molar-refractivity contribution < 1.29 is 24.2 Å². The highest BCUT2D eigenvalue weighted by Crippen LogP contribution is 2.25. The molecular weight excluding hydrogens is 434 g/mol. The Hall–Kier alpha value is -3.10. The molecule has 1 atom stereocenters. The summed E-state index contributed by atoms with van der Waals surface area (Å²) < 4.78 is 11.6. The van der Waals surface area contributed by atoms with Gasteiger partial charge in [-0.25, -0.2) is 4.79 Å². The van der Waals surface area contributed by atoms with Crippen LogP contribution in [0.4, 0.5) is 4.79 Å². The molecule has 4 rings (SSSR count). The van der Waals surface area contributed by atoms with Crippen LogP contribution < -0.4 is 14.8 Å². The number of benzene rings is 2. The molecule has 0 saturated carbocycles. The third-order valence-electron chi connectivity index (χ3n) is 6.24. The lowest BCUT2D eigenvalue weighted by molar-refractivity contribution is -0.130. The number of carbonyl (C=O) groups excluding carboxylic acids is 2. The van der Waals surface area contributed by atoms with E-state index in [0.717, 1.165) is 37.2 Å². The Bertz CT molecular complexity index is 995. The molecule has 2 aromatic carbocycles. The molecule has 2 saturated heterocycles. The summed E-state index contributed by atoms with van der Waals surface area (Å²) in [5.41, 5.74) is -0.616. The van der Waals surface area contributed by atoms with Crippen molar-refractivity contribution in [2.24, 2.45) is 0 Å². The summed E-state index contributed by atoms with van der Waals surface area (Å²) in [7, 11) is 0. The maximum Gasteiger partial charge on any atom is 0.325 e. The van der Waals surface area contributed by atoms with Crippen molar-refractivity contribution in [2.45, 2.75) is 44.4 Å². The zero-order valence-electron chi connectivity index (χ0n) is 19.8. The van der Waals surface area contributed by atoms with Gasteiger partial charge in [0.2, 0.25) is 0 Å². The number of nitrogens with one attached hydrogen (secondary N) is 1. The minimum Gasteiger partial charge on any atom is -0.492 e. The molecule has 0 aliphatic carbocycles. The van der Waals surface area contributed by atoms with Crippen molar-refractivity contribution in [3.63, 3.8) is 0 Å². The highest BCUT2D eigenvalue weighted by atomic mass is 16.5. The molecule has 2 N–H and O–H groups in total. The molecule has 0 aromatic heterocycles. The predicted molar refractivity (Wildman–Crippen MR) is 128 cm³/mol. The standard InChI is InChI=1S/C26H33N3O5/c1-25(2)23(30)29(24(31)27-25)15-16-33-22-11-9-20(10-12-22)17-28-14-6-13-26(32,18-28)19-34-21-7-4-3-5-8-21/h3-5,7-12,32H,6,13-19H2,1-2H3,(H,27,31)/t26-/m0/s1. The lowest BCUT2D eigenvalue weighted by Gasteiger charge is -2.39. The van der Waals surface area contributed by atoms with Gasteiger partial charge in [-0.2, -0.15) is 0 Å². The minimum atomic E-state index is -0.870. The van der Waals surface area contributed by atoms with Crippen molar-refractivity contribution in [3.8, 4) is 11.5 Å². The van der Waals surface area contributed by atoms with Crippen LogP contribution >= 0.6 is 0 Å². The number of nitrogens with zero attached hydrogens (tertiary/aromatic N) is 2. The number of rotatable bonds is 9. The van der Waals surface area contributed by atoms with Crippen molar-refractivity contribution >= 4 is 11.9 Å². The second-order valence-electron chi connectivity index (χ2n) is 9.64. The Morgan fingerprint density at radius 1 is 1.00 bits per heavy atom. The van der Waals surface area contributed by atoms with E-state index in [1.54, 1.807) is 13.8 Å². The number of urea groups is 1. The molecule has 2 heterocycles. The quantitative estimate of drug-likeness (QED) is 0.551. The summed E-state index contributed by atoms with van der Waals surface area (Å²) in [5, 5.41) is 13.7. The number of hydrogen-bond acceptors (Lipinski definition) is 6. The predicted octanol–water partition coefficient (Wildman–Crippen LogP) is 2.80. The van der Waals surface area contributed by atoms with Crippen molar-refractivity contribution in [1.82, 2.24) is 15.1 Å². The first kappa shape index (κ1) is 24.0. The molecule has 2 aromatic rings.